The summed E-state index contributed by atoms with van der Waals surface area (Å²) in [7, 11) is 0. The van der Waals surface area contributed by atoms with Crippen LogP contribution < -0.4 is 0 Å². The van der Waals surface area contributed by atoms with Crippen LogP contribution in [0.5, 0.6) is 0 Å². The van der Waals surface area contributed by atoms with E-state index in [1.807, 2.05) is 20.8 Å². The van der Waals surface area contributed by atoms with Gasteiger partial charge in [0.15, 0.2) is 5.78 Å². The summed E-state index contributed by atoms with van der Waals surface area (Å²) in [5, 5.41) is 0. The zero-order chi connectivity index (χ0) is 12.4. The van der Waals surface area contributed by atoms with E-state index < -0.39 is 0 Å². The summed E-state index contributed by atoms with van der Waals surface area (Å²) < 4.78 is 5.72. The van der Waals surface area contributed by atoms with E-state index in [4.69, 9.17) is 4.74 Å². The molecule has 94 valence electrons. The fraction of sp³-hybridized carbons (Fsp3) is 0.929. The Bertz CT molecular complexity index is 238. The molecule has 0 aliphatic heterocycles. The summed E-state index contributed by atoms with van der Waals surface area (Å²) in [6, 6.07) is 0. The number of ketones is 1. The first-order chi connectivity index (χ1) is 7.21. The summed E-state index contributed by atoms with van der Waals surface area (Å²) in [6.07, 6.45) is 4.93. The zero-order valence-electron chi connectivity index (χ0n) is 11.4. The fourth-order valence-electron chi connectivity index (χ4n) is 1.95. The number of rotatable bonds is 3. The average Bonchev–Trinajstić information content (AvgIpc) is 2.14. The molecule has 0 heterocycles. The average molecular weight is 226 g/mol. The highest BCUT2D eigenvalue weighted by molar-refractivity contribution is 5.84. The van der Waals surface area contributed by atoms with E-state index in [0.717, 1.165) is 12.8 Å². The van der Waals surface area contributed by atoms with Gasteiger partial charge in [0.2, 0.25) is 0 Å². The molecule has 0 aromatic rings. The monoisotopic (exact) mass is 226 g/mol. The first-order valence-corrected chi connectivity index (χ1v) is 6.36. The van der Waals surface area contributed by atoms with Crippen LogP contribution in [0.25, 0.3) is 0 Å². The van der Waals surface area contributed by atoms with Crippen LogP contribution in [0.1, 0.15) is 60.3 Å². The summed E-state index contributed by atoms with van der Waals surface area (Å²) in [5.41, 5.74) is 0.196. The summed E-state index contributed by atoms with van der Waals surface area (Å²) >= 11 is 0. The summed E-state index contributed by atoms with van der Waals surface area (Å²) in [4.78, 5) is 11.7. The van der Waals surface area contributed by atoms with E-state index in [1.165, 1.54) is 12.8 Å². The minimum atomic E-state index is -0.270. The largest absolute Gasteiger partial charge is 0.370 e. The maximum atomic E-state index is 11.7. The van der Waals surface area contributed by atoms with Gasteiger partial charge in [-0.15, -0.1) is 0 Å². The Hall–Kier alpha value is -0.370. The van der Waals surface area contributed by atoms with Crippen molar-refractivity contribution in [2.75, 3.05) is 6.61 Å². The van der Waals surface area contributed by atoms with Gasteiger partial charge in [0.05, 0.1) is 6.10 Å². The molecule has 0 aromatic heterocycles. The number of carbonyl (C=O) groups excluding carboxylic acids is 1. The third kappa shape index (κ3) is 4.25. The molecule has 1 fully saturated rings. The molecular formula is C14H26O2. The van der Waals surface area contributed by atoms with Crippen molar-refractivity contribution in [3.8, 4) is 0 Å². The minimum absolute atomic E-state index is 0.206. The maximum Gasteiger partial charge on any atom is 0.163 e. The predicted octanol–water partition coefficient (Wildman–Crippen LogP) is 3.59. The fourth-order valence-corrected chi connectivity index (χ4v) is 1.95. The maximum absolute atomic E-state index is 11.7. The third-order valence-electron chi connectivity index (χ3n) is 3.57. The van der Waals surface area contributed by atoms with Gasteiger partial charge in [-0.2, -0.15) is 0 Å². The van der Waals surface area contributed by atoms with Crippen LogP contribution >= 0.6 is 0 Å². The molecule has 0 bridgehead atoms. The van der Waals surface area contributed by atoms with Crippen molar-refractivity contribution in [3.05, 3.63) is 0 Å². The quantitative estimate of drug-likeness (QED) is 0.735. The summed E-state index contributed by atoms with van der Waals surface area (Å²) in [5.74, 6) is 0.206. The predicted molar refractivity (Wildman–Crippen MR) is 66.5 cm³/mol. The van der Waals surface area contributed by atoms with Crippen molar-refractivity contribution in [1.29, 1.82) is 0 Å². The van der Waals surface area contributed by atoms with E-state index in [0.29, 0.717) is 11.5 Å². The lowest BCUT2D eigenvalue weighted by Crippen LogP contribution is -2.31. The molecule has 1 rings (SSSR count). The standard InChI is InChI=1S/C14H26O2/c1-13(2,3)12(15)10-16-11-6-8-14(4,5)9-7-11/h11H,6-10H2,1-5H3. The Morgan fingerprint density at radius 2 is 1.75 bits per heavy atom. The van der Waals surface area contributed by atoms with Crippen molar-refractivity contribution in [2.24, 2.45) is 10.8 Å². The van der Waals surface area contributed by atoms with E-state index in [1.54, 1.807) is 0 Å². The molecular weight excluding hydrogens is 200 g/mol. The number of hydrogen-bond donors (Lipinski definition) is 0. The molecule has 0 aromatic carbocycles. The van der Waals surface area contributed by atoms with Crippen LogP contribution in [-0.4, -0.2) is 18.5 Å². The van der Waals surface area contributed by atoms with Gasteiger partial charge in [-0.05, 0) is 31.1 Å². The molecule has 2 heteroatoms. The van der Waals surface area contributed by atoms with Crippen LogP contribution in [0.2, 0.25) is 0 Å². The SMILES string of the molecule is CC1(C)CCC(OCC(=O)C(C)(C)C)CC1. The molecule has 1 aliphatic rings. The Morgan fingerprint density at radius 1 is 1.25 bits per heavy atom. The molecule has 1 aliphatic carbocycles. The molecule has 0 radical (unpaired) electrons. The number of Topliss-reactive ketones (excluding diaryl/α,β-unsaturated/α-hetero) is 1. The van der Waals surface area contributed by atoms with Gasteiger partial charge < -0.3 is 4.74 Å². The first kappa shape index (κ1) is 13.7. The lowest BCUT2D eigenvalue weighted by Gasteiger charge is -2.34. The molecule has 2 nitrogen and oxygen atoms in total. The van der Waals surface area contributed by atoms with Crippen LogP contribution in [-0.2, 0) is 9.53 Å². The van der Waals surface area contributed by atoms with Crippen LogP contribution in [0.15, 0.2) is 0 Å². The van der Waals surface area contributed by atoms with E-state index in [2.05, 4.69) is 13.8 Å². The van der Waals surface area contributed by atoms with Gasteiger partial charge in [0.1, 0.15) is 6.61 Å². The number of ether oxygens (including phenoxy) is 1. The van der Waals surface area contributed by atoms with Crippen molar-refractivity contribution in [2.45, 2.75) is 66.4 Å². The van der Waals surface area contributed by atoms with Crippen LogP contribution in [0.4, 0.5) is 0 Å². The summed E-state index contributed by atoms with van der Waals surface area (Å²) in [6.45, 7) is 10.7. The number of carbonyl (C=O) groups is 1. The van der Waals surface area contributed by atoms with Gasteiger partial charge in [-0.3, -0.25) is 4.79 Å². The van der Waals surface area contributed by atoms with Crippen LogP contribution in [0.3, 0.4) is 0 Å². The lowest BCUT2D eigenvalue weighted by molar-refractivity contribution is -0.134. The van der Waals surface area contributed by atoms with Crippen molar-refractivity contribution < 1.29 is 9.53 Å². The van der Waals surface area contributed by atoms with Gasteiger partial charge in [0.25, 0.3) is 0 Å². The Kier molecular flexibility index (Phi) is 4.17. The second-order valence-electron chi connectivity index (χ2n) is 6.85. The first-order valence-electron chi connectivity index (χ1n) is 6.36. The second-order valence-corrected chi connectivity index (χ2v) is 6.85. The van der Waals surface area contributed by atoms with Gasteiger partial charge >= 0.3 is 0 Å². The molecule has 1 saturated carbocycles. The van der Waals surface area contributed by atoms with Crippen molar-refractivity contribution in [1.82, 2.24) is 0 Å². The smallest absolute Gasteiger partial charge is 0.163 e. The lowest BCUT2D eigenvalue weighted by atomic mass is 9.76. The highest BCUT2D eigenvalue weighted by atomic mass is 16.5. The van der Waals surface area contributed by atoms with Crippen molar-refractivity contribution in [3.63, 3.8) is 0 Å². The van der Waals surface area contributed by atoms with Crippen molar-refractivity contribution >= 4 is 5.78 Å². The van der Waals surface area contributed by atoms with E-state index in [9.17, 15) is 4.79 Å². The third-order valence-corrected chi connectivity index (χ3v) is 3.57. The van der Waals surface area contributed by atoms with E-state index in [-0.39, 0.29) is 17.8 Å². The van der Waals surface area contributed by atoms with Gasteiger partial charge in [-0.1, -0.05) is 34.6 Å². The minimum Gasteiger partial charge on any atom is -0.370 e. The number of hydrogen-bond acceptors (Lipinski definition) is 2. The topological polar surface area (TPSA) is 26.3 Å². The second kappa shape index (κ2) is 4.87. The highest BCUT2D eigenvalue weighted by Crippen LogP contribution is 2.36. The molecule has 0 amide bonds. The van der Waals surface area contributed by atoms with E-state index >= 15 is 0 Å². The molecule has 0 saturated heterocycles. The Morgan fingerprint density at radius 3 is 2.19 bits per heavy atom. The van der Waals surface area contributed by atoms with Crippen LogP contribution in [0, 0.1) is 10.8 Å². The molecule has 0 N–H and O–H groups in total. The Labute approximate surface area is 99.8 Å². The molecule has 0 spiro atoms. The van der Waals surface area contributed by atoms with Gasteiger partial charge in [-0.25, -0.2) is 0 Å². The Balaban J connectivity index is 2.28. The zero-order valence-corrected chi connectivity index (χ0v) is 11.4. The highest BCUT2D eigenvalue weighted by Gasteiger charge is 2.28. The molecule has 0 atom stereocenters. The molecule has 0 unspecified atom stereocenters. The normalized spacial score (nSPS) is 22.1. The van der Waals surface area contributed by atoms with Gasteiger partial charge in [0, 0.05) is 5.41 Å². The molecule has 16 heavy (non-hydrogen) atoms.